The second-order valence-electron chi connectivity index (χ2n) is 4.65. The summed E-state index contributed by atoms with van der Waals surface area (Å²) in [6.07, 6.45) is 2.33. The predicted molar refractivity (Wildman–Crippen MR) is 79.4 cm³/mol. The van der Waals surface area contributed by atoms with E-state index in [1.165, 1.54) is 0 Å². The molecule has 2 rings (SSSR count). The number of hydrogen-bond donors (Lipinski definition) is 0. The Bertz CT molecular complexity index is 379. The zero-order valence-corrected chi connectivity index (χ0v) is 13.1. The molecule has 3 atom stereocenters. The summed E-state index contributed by atoms with van der Waals surface area (Å²) in [5.41, 5.74) is 0. The molecule has 3 nitrogen and oxygen atoms in total. The molecule has 0 N–H and O–H groups in total. The lowest BCUT2D eigenvalue weighted by molar-refractivity contribution is -0.0762. The summed E-state index contributed by atoms with van der Waals surface area (Å²) in [6.45, 7) is 5.56. The molecule has 0 aliphatic heterocycles. The molecule has 0 spiro atoms. The van der Waals surface area contributed by atoms with Crippen LogP contribution in [0.5, 0.6) is 11.5 Å². The van der Waals surface area contributed by atoms with Crippen molar-refractivity contribution in [1.29, 1.82) is 0 Å². The summed E-state index contributed by atoms with van der Waals surface area (Å²) in [5, 5.41) is 0. The summed E-state index contributed by atoms with van der Waals surface area (Å²) in [4.78, 5) is 0.409. The molecule has 1 aliphatic carbocycles. The van der Waals surface area contributed by atoms with Crippen LogP contribution in [0.15, 0.2) is 24.3 Å². The zero-order chi connectivity index (χ0) is 13.7. The van der Waals surface area contributed by atoms with Crippen LogP contribution < -0.4 is 9.47 Å². The van der Waals surface area contributed by atoms with Gasteiger partial charge >= 0.3 is 0 Å². The van der Waals surface area contributed by atoms with Gasteiger partial charge in [-0.1, -0.05) is 22.9 Å². The summed E-state index contributed by atoms with van der Waals surface area (Å²) in [5.74, 6) is 1.75. The molecule has 0 aromatic heterocycles. The van der Waals surface area contributed by atoms with Gasteiger partial charge in [-0.15, -0.1) is 0 Å². The Labute approximate surface area is 123 Å². The first kappa shape index (κ1) is 14.7. The third-order valence-corrected chi connectivity index (χ3v) is 4.01. The van der Waals surface area contributed by atoms with Crippen molar-refractivity contribution in [2.24, 2.45) is 0 Å². The Morgan fingerprint density at radius 3 is 2.42 bits per heavy atom. The summed E-state index contributed by atoms with van der Waals surface area (Å²) < 4.78 is 17.2. The van der Waals surface area contributed by atoms with Crippen LogP contribution in [0.2, 0.25) is 0 Å². The molecule has 1 aliphatic rings. The van der Waals surface area contributed by atoms with Crippen molar-refractivity contribution in [2.75, 3.05) is 13.2 Å². The maximum absolute atomic E-state index is 5.95. The normalized spacial score (nSPS) is 25.7. The second kappa shape index (κ2) is 7.15. The lowest BCUT2D eigenvalue weighted by Crippen LogP contribution is -2.52. The molecule has 0 bridgehead atoms. The number of ether oxygens (including phenoxy) is 3. The number of alkyl halides is 1. The molecule has 0 heterocycles. The first-order chi connectivity index (χ1) is 9.24. The van der Waals surface area contributed by atoms with E-state index in [1.54, 1.807) is 0 Å². The van der Waals surface area contributed by atoms with Crippen molar-refractivity contribution in [3.8, 4) is 11.5 Å². The molecule has 0 radical (unpaired) electrons. The van der Waals surface area contributed by atoms with Gasteiger partial charge in [-0.25, -0.2) is 0 Å². The van der Waals surface area contributed by atoms with Crippen molar-refractivity contribution >= 4 is 15.9 Å². The van der Waals surface area contributed by atoms with E-state index >= 15 is 0 Å². The molecule has 1 aromatic rings. The Balaban J connectivity index is 1.86. The van der Waals surface area contributed by atoms with Crippen LogP contribution in [0.25, 0.3) is 0 Å². The molecule has 1 aromatic carbocycles. The topological polar surface area (TPSA) is 27.7 Å². The lowest BCUT2D eigenvalue weighted by atomic mass is 9.91. The Kier molecular flexibility index (Phi) is 5.52. The van der Waals surface area contributed by atoms with Crippen molar-refractivity contribution in [1.82, 2.24) is 0 Å². The third kappa shape index (κ3) is 3.86. The third-order valence-electron chi connectivity index (χ3n) is 3.12. The van der Waals surface area contributed by atoms with Crippen LogP contribution in [0.4, 0.5) is 0 Å². The largest absolute Gasteiger partial charge is 0.494 e. The second-order valence-corrected chi connectivity index (χ2v) is 5.82. The molecule has 106 valence electrons. The minimum Gasteiger partial charge on any atom is -0.494 e. The molecule has 1 saturated carbocycles. The highest BCUT2D eigenvalue weighted by molar-refractivity contribution is 9.09. The van der Waals surface area contributed by atoms with E-state index in [4.69, 9.17) is 14.2 Å². The van der Waals surface area contributed by atoms with Gasteiger partial charge in [0.05, 0.1) is 6.61 Å². The number of rotatable bonds is 7. The van der Waals surface area contributed by atoms with Crippen LogP contribution in [-0.2, 0) is 4.74 Å². The van der Waals surface area contributed by atoms with Gasteiger partial charge < -0.3 is 14.2 Å². The highest BCUT2D eigenvalue weighted by atomic mass is 79.9. The first-order valence-electron chi connectivity index (χ1n) is 6.89. The summed E-state index contributed by atoms with van der Waals surface area (Å²) in [6, 6.07) is 7.77. The van der Waals surface area contributed by atoms with Gasteiger partial charge in [0.15, 0.2) is 0 Å². The molecular formula is C15H21BrO3. The average molecular weight is 329 g/mol. The van der Waals surface area contributed by atoms with Gasteiger partial charge in [0.25, 0.3) is 0 Å². The van der Waals surface area contributed by atoms with Gasteiger partial charge in [0, 0.05) is 17.9 Å². The van der Waals surface area contributed by atoms with Crippen LogP contribution in [0.3, 0.4) is 0 Å². The maximum atomic E-state index is 5.95. The lowest BCUT2D eigenvalue weighted by Gasteiger charge is -2.40. The van der Waals surface area contributed by atoms with E-state index < -0.39 is 0 Å². The molecule has 4 heteroatoms. The fraction of sp³-hybridized carbons (Fsp3) is 0.600. The van der Waals surface area contributed by atoms with Gasteiger partial charge in [-0.05, 0) is 37.6 Å². The highest BCUT2D eigenvalue weighted by Gasteiger charge is 2.42. The van der Waals surface area contributed by atoms with E-state index in [9.17, 15) is 0 Å². The van der Waals surface area contributed by atoms with Gasteiger partial charge in [-0.3, -0.25) is 0 Å². The van der Waals surface area contributed by atoms with Crippen molar-refractivity contribution in [3.05, 3.63) is 24.3 Å². The van der Waals surface area contributed by atoms with Gasteiger partial charge in [0.2, 0.25) is 0 Å². The fourth-order valence-electron chi connectivity index (χ4n) is 2.06. The fourth-order valence-corrected chi connectivity index (χ4v) is 2.93. The highest BCUT2D eigenvalue weighted by Crippen LogP contribution is 2.34. The van der Waals surface area contributed by atoms with Crippen LogP contribution in [0.1, 0.15) is 26.7 Å². The molecule has 0 amide bonds. The zero-order valence-electron chi connectivity index (χ0n) is 11.5. The molecular weight excluding hydrogens is 308 g/mol. The van der Waals surface area contributed by atoms with Crippen molar-refractivity contribution in [2.45, 2.75) is 43.7 Å². The summed E-state index contributed by atoms with van der Waals surface area (Å²) in [7, 11) is 0. The van der Waals surface area contributed by atoms with E-state index in [1.807, 2.05) is 31.2 Å². The monoisotopic (exact) mass is 328 g/mol. The van der Waals surface area contributed by atoms with Crippen LogP contribution >= 0.6 is 15.9 Å². The quantitative estimate of drug-likeness (QED) is 0.712. The maximum Gasteiger partial charge on any atom is 0.127 e. The predicted octanol–water partition coefficient (Wildman–Crippen LogP) is 3.80. The number of hydrogen-bond acceptors (Lipinski definition) is 3. The summed E-state index contributed by atoms with van der Waals surface area (Å²) >= 11 is 3.62. The van der Waals surface area contributed by atoms with E-state index in [0.717, 1.165) is 30.9 Å². The number of halogens is 1. The number of benzene rings is 1. The van der Waals surface area contributed by atoms with Crippen LogP contribution in [-0.4, -0.2) is 30.2 Å². The van der Waals surface area contributed by atoms with Crippen LogP contribution in [0, 0.1) is 0 Å². The smallest absolute Gasteiger partial charge is 0.127 e. The Morgan fingerprint density at radius 1 is 1.16 bits per heavy atom. The molecule has 1 fully saturated rings. The van der Waals surface area contributed by atoms with E-state index in [0.29, 0.717) is 11.4 Å². The van der Waals surface area contributed by atoms with E-state index in [-0.39, 0.29) is 12.2 Å². The average Bonchev–Trinajstić information content (AvgIpc) is 2.41. The Hall–Kier alpha value is -0.740. The molecule has 0 saturated heterocycles. The minimum atomic E-state index is 0.147. The first-order valence-corrected chi connectivity index (χ1v) is 7.81. The van der Waals surface area contributed by atoms with Gasteiger partial charge in [-0.2, -0.15) is 0 Å². The van der Waals surface area contributed by atoms with Gasteiger partial charge in [0.1, 0.15) is 23.7 Å². The van der Waals surface area contributed by atoms with Crippen molar-refractivity contribution < 1.29 is 14.2 Å². The SMILES string of the molecule is CCCOC1C(Br)CC1Oc1ccc(OCC)cc1. The minimum absolute atomic E-state index is 0.147. The Morgan fingerprint density at radius 2 is 1.84 bits per heavy atom. The van der Waals surface area contributed by atoms with Crippen molar-refractivity contribution in [3.63, 3.8) is 0 Å². The van der Waals surface area contributed by atoms with E-state index in [2.05, 4.69) is 22.9 Å². The molecule has 3 unspecified atom stereocenters. The standard InChI is InChI=1S/C15H21BrO3/c1-3-9-18-15-13(16)10-14(15)19-12-7-5-11(6-8-12)17-4-2/h5-8,13-15H,3-4,9-10H2,1-2H3. The molecule has 19 heavy (non-hydrogen) atoms.